The van der Waals surface area contributed by atoms with Gasteiger partial charge in [-0.15, -0.1) is 13.2 Å². The summed E-state index contributed by atoms with van der Waals surface area (Å²) in [5.74, 6) is -0.0406. The van der Waals surface area contributed by atoms with Crippen LogP contribution in [0.4, 0.5) is 18.9 Å². The van der Waals surface area contributed by atoms with Gasteiger partial charge in [0.25, 0.3) is 5.69 Å². The van der Waals surface area contributed by atoms with E-state index in [4.69, 9.17) is 4.74 Å². The van der Waals surface area contributed by atoms with Gasteiger partial charge in [0.15, 0.2) is 0 Å². The number of halogens is 3. The summed E-state index contributed by atoms with van der Waals surface area (Å²) in [5.41, 5.74) is 1.48. The number of hydrogen-bond donors (Lipinski definition) is 0. The van der Waals surface area contributed by atoms with Gasteiger partial charge in [-0.3, -0.25) is 10.1 Å². The Balaban J connectivity index is 0.00000105. The Labute approximate surface area is 149 Å². The third-order valence-corrected chi connectivity index (χ3v) is 3.17. The third kappa shape index (κ3) is 5.94. The molecule has 0 saturated heterocycles. The third-order valence-electron chi connectivity index (χ3n) is 3.17. The highest BCUT2D eigenvalue weighted by atomic mass is 19.4. The first-order chi connectivity index (χ1) is 12.1. The molecule has 0 aliphatic rings. The average Bonchev–Trinajstić information content (AvgIpc) is 2.55. The Kier molecular flexibility index (Phi) is 7.42. The predicted octanol–water partition coefficient (Wildman–Crippen LogP) is 5.89. The van der Waals surface area contributed by atoms with E-state index in [2.05, 4.69) is 18.6 Å². The molecule has 0 N–H and O–H groups in total. The van der Waals surface area contributed by atoms with Crippen LogP contribution in [0.1, 0.15) is 25.8 Å². The van der Waals surface area contributed by atoms with E-state index < -0.39 is 11.3 Å². The molecule has 0 saturated carbocycles. The Hall–Kier alpha value is -2.77. The molecule has 0 radical (unpaired) electrons. The van der Waals surface area contributed by atoms with Crippen LogP contribution < -0.4 is 9.47 Å². The van der Waals surface area contributed by atoms with Gasteiger partial charge in [-0.25, -0.2) is 0 Å². The van der Waals surface area contributed by atoms with Crippen LogP contribution in [0.25, 0.3) is 11.1 Å². The molecule has 0 bridgehead atoms. The number of nitrogens with zero attached hydrogens (tertiary/aromatic N) is 1. The van der Waals surface area contributed by atoms with Crippen molar-refractivity contribution < 1.29 is 27.6 Å². The van der Waals surface area contributed by atoms with Crippen LogP contribution in [0.15, 0.2) is 36.4 Å². The Morgan fingerprint density at radius 1 is 1.12 bits per heavy atom. The Morgan fingerprint density at radius 3 is 2.08 bits per heavy atom. The molecule has 0 atom stereocenters. The summed E-state index contributed by atoms with van der Waals surface area (Å²) in [4.78, 5) is 10.4. The second-order valence-electron chi connectivity index (χ2n) is 5.36. The lowest BCUT2D eigenvalue weighted by molar-refractivity contribution is -0.384. The highest BCUT2D eigenvalue weighted by Gasteiger charge is 2.31. The fourth-order valence-corrected chi connectivity index (χ4v) is 2.13. The molecule has 0 aliphatic heterocycles. The molecular weight excluding hydrogens is 351 g/mol. The maximum atomic E-state index is 12.2. The van der Waals surface area contributed by atoms with Crippen molar-refractivity contribution in [1.82, 2.24) is 0 Å². The minimum Gasteiger partial charge on any atom is -0.496 e. The van der Waals surface area contributed by atoms with E-state index in [0.29, 0.717) is 22.4 Å². The number of benzene rings is 2. The van der Waals surface area contributed by atoms with Gasteiger partial charge in [0.05, 0.1) is 18.1 Å². The van der Waals surface area contributed by atoms with Crippen LogP contribution in [-0.2, 0) is 0 Å². The zero-order chi connectivity index (χ0) is 19.9. The number of nitro benzene ring substituents is 1. The van der Waals surface area contributed by atoms with E-state index in [-0.39, 0.29) is 11.4 Å². The molecule has 0 aliphatic carbocycles. The molecule has 8 heteroatoms. The highest BCUT2D eigenvalue weighted by molar-refractivity contribution is 5.73. The number of alkyl halides is 3. The zero-order valence-electron chi connectivity index (χ0n) is 14.9. The van der Waals surface area contributed by atoms with Crippen molar-refractivity contribution in [3.05, 3.63) is 52.1 Å². The predicted molar refractivity (Wildman–Crippen MR) is 92.5 cm³/mol. The fraction of sp³-hybridized carbons (Fsp3) is 0.333. The zero-order valence-corrected chi connectivity index (χ0v) is 14.9. The maximum absolute atomic E-state index is 12.2. The summed E-state index contributed by atoms with van der Waals surface area (Å²) in [6.45, 7) is 5.96. The van der Waals surface area contributed by atoms with Gasteiger partial charge in [0.2, 0.25) is 0 Å². The Bertz CT molecular complexity index is 743. The molecule has 2 aromatic rings. The van der Waals surface area contributed by atoms with E-state index in [0.717, 1.165) is 12.1 Å². The molecular formula is C18H20F3NO4. The van der Waals surface area contributed by atoms with Crippen LogP contribution in [-0.4, -0.2) is 18.4 Å². The molecule has 0 spiro atoms. The number of rotatable bonds is 4. The number of ether oxygens (including phenoxy) is 2. The molecule has 0 unspecified atom stereocenters. The standard InChI is InChI=1S/C15H12F3NO4.C3H8/c1-9-13(7-11(19(20)21)8-14(9)22-2)10-3-5-12(6-4-10)23-15(16,17)18;1-3-2/h3-8H,1-2H3;3H2,1-2H3. The lowest BCUT2D eigenvalue weighted by Crippen LogP contribution is -2.16. The average molecular weight is 371 g/mol. The van der Waals surface area contributed by atoms with Crippen LogP contribution in [0.5, 0.6) is 11.5 Å². The maximum Gasteiger partial charge on any atom is 0.573 e. The summed E-state index contributed by atoms with van der Waals surface area (Å²) >= 11 is 0. The largest absolute Gasteiger partial charge is 0.573 e. The van der Waals surface area contributed by atoms with Crippen molar-refractivity contribution in [3.8, 4) is 22.6 Å². The monoisotopic (exact) mass is 371 g/mol. The fourth-order valence-electron chi connectivity index (χ4n) is 2.13. The topological polar surface area (TPSA) is 61.6 Å². The van der Waals surface area contributed by atoms with Crippen LogP contribution >= 0.6 is 0 Å². The van der Waals surface area contributed by atoms with E-state index >= 15 is 0 Å². The van der Waals surface area contributed by atoms with E-state index in [9.17, 15) is 23.3 Å². The van der Waals surface area contributed by atoms with E-state index in [1.807, 2.05) is 0 Å². The van der Waals surface area contributed by atoms with Crippen molar-refractivity contribution >= 4 is 5.69 Å². The number of methoxy groups -OCH3 is 1. The van der Waals surface area contributed by atoms with E-state index in [1.165, 1.54) is 37.8 Å². The minimum atomic E-state index is -4.77. The number of hydrogen-bond acceptors (Lipinski definition) is 4. The molecule has 0 amide bonds. The molecule has 0 fully saturated rings. The second-order valence-corrected chi connectivity index (χ2v) is 5.36. The van der Waals surface area contributed by atoms with Gasteiger partial charge in [-0.2, -0.15) is 0 Å². The van der Waals surface area contributed by atoms with Gasteiger partial charge in [0, 0.05) is 6.07 Å². The van der Waals surface area contributed by atoms with Crippen molar-refractivity contribution in [2.24, 2.45) is 0 Å². The summed E-state index contributed by atoms with van der Waals surface area (Å²) in [6.07, 6.45) is -3.52. The van der Waals surface area contributed by atoms with Gasteiger partial charge in [-0.1, -0.05) is 32.4 Å². The second kappa shape index (κ2) is 9.07. The van der Waals surface area contributed by atoms with Crippen LogP contribution in [0, 0.1) is 17.0 Å². The summed E-state index contributed by atoms with van der Waals surface area (Å²) in [5, 5.41) is 11.0. The molecule has 2 rings (SSSR count). The summed E-state index contributed by atoms with van der Waals surface area (Å²) in [7, 11) is 1.39. The number of non-ortho nitro benzene ring substituents is 1. The van der Waals surface area contributed by atoms with Crippen molar-refractivity contribution in [3.63, 3.8) is 0 Å². The SMILES string of the molecule is CCC.COc1cc([N+](=O)[O-])cc(-c2ccc(OC(F)(F)F)cc2)c1C. The first-order valence-corrected chi connectivity index (χ1v) is 7.82. The van der Waals surface area contributed by atoms with Crippen LogP contribution in [0.3, 0.4) is 0 Å². The lowest BCUT2D eigenvalue weighted by Gasteiger charge is -2.12. The Morgan fingerprint density at radius 2 is 1.65 bits per heavy atom. The van der Waals surface area contributed by atoms with E-state index in [1.54, 1.807) is 6.92 Å². The van der Waals surface area contributed by atoms with Crippen molar-refractivity contribution in [1.29, 1.82) is 0 Å². The minimum absolute atomic E-state index is 0.168. The van der Waals surface area contributed by atoms with Gasteiger partial charge >= 0.3 is 6.36 Å². The van der Waals surface area contributed by atoms with Gasteiger partial charge < -0.3 is 9.47 Å². The summed E-state index contributed by atoms with van der Waals surface area (Å²) in [6, 6.07) is 7.72. The first-order valence-electron chi connectivity index (χ1n) is 7.82. The quantitative estimate of drug-likeness (QED) is 0.496. The van der Waals surface area contributed by atoms with Crippen molar-refractivity contribution in [2.75, 3.05) is 7.11 Å². The smallest absolute Gasteiger partial charge is 0.496 e. The molecule has 142 valence electrons. The molecule has 2 aromatic carbocycles. The number of nitro groups is 1. The molecule has 0 heterocycles. The van der Waals surface area contributed by atoms with Gasteiger partial charge in [-0.05, 0) is 35.7 Å². The summed E-state index contributed by atoms with van der Waals surface area (Å²) < 4.78 is 45.4. The van der Waals surface area contributed by atoms with Crippen LogP contribution in [0.2, 0.25) is 0 Å². The highest BCUT2D eigenvalue weighted by Crippen LogP contribution is 2.35. The molecule has 5 nitrogen and oxygen atoms in total. The first kappa shape index (κ1) is 21.3. The normalized spacial score (nSPS) is 10.6. The van der Waals surface area contributed by atoms with Crippen molar-refractivity contribution in [2.45, 2.75) is 33.6 Å². The lowest BCUT2D eigenvalue weighted by atomic mass is 9.99. The molecule has 0 aromatic heterocycles. The molecule has 26 heavy (non-hydrogen) atoms. The van der Waals surface area contributed by atoms with Gasteiger partial charge in [0.1, 0.15) is 11.5 Å².